The molecule has 1 saturated heterocycles. The monoisotopic (exact) mass is 220 g/mol. The Kier molecular flexibility index (Phi) is 2.59. The second kappa shape index (κ2) is 4.09. The molecule has 0 spiro atoms. The molecule has 1 saturated carbocycles. The van der Waals surface area contributed by atoms with Crippen LogP contribution in [0, 0.1) is 0 Å². The number of nitrogens with zero attached hydrogens (tertiary/aromatic N) is 3. The van der Waals surface area contributed by atoms with E-state index in [9.17, 15) is 0 Å². The number of rotatable bonds is 4. The highest BCUT2D eigenvalue weighted by molar-refractivity contribution is 5.36. The molecule has 4 heteroatoms. The average molecular weight is 220 g/mol. The lowest BCUT2D eigenvalue weighted by Crippen LogP contribution is -2.38. The van der Waals surface area contributed by atoms with Gasteiger partial charge in [0.25, 0.3) is 0 Å². The Morgan fingerprint density at radius 1 is 1.44 bits per heavy atom. The average Bonchev–Trinajstić information content (AvgIpc) is 2.85. The van der Waals surface area contributed by atoms with Gasteiger partial charge in [0, 0.05) is 37.6 Å². The van der Waals surface area contributed by atoms with Crippen LogP contribution in [0.15, 0.2) is 12.4 Å². The maximum absolute atomic E-state index is 4.55. The van der Waals surface area contributed by atoms with Gasteiger partial charge in [0.05, 0.1) is 0 Å². The van der Waals surface area contributed by atoms with Gasteiger partial charge in [0.1, 0.15) is 0 Å². The molecule has 1 aliphatic carbocycles. The van der Waals surface area contributed by atoms with Gasteiger partial charge in [0.15, 0.2) is 0 Å². The molecule has 3 rings (SSSR count). The summed E-state index contributed by atoms with van der Waals surface area (Å²) >= 11 is 0. The lowest BCUT2D eigenvalue weighted by Gasteiger charge is -2.26. The standard InChI is InChI=1S/C12H20N4/c1-13-9-11-3-2-7-15(11)12-14-6-8-16(12)10-4-5-10/h6,8,10-11,13H,2-5,7,9H2,1H3. The van der Waals surface area contributed by atoms with Crippen LogP contribution in [0.25, 0.3) is 0 Å². The zero-order valence-electron chi connectivity index (χ0n) is 9.89. The molecule has 4 nitrogen and oxygen atoms in total. The van der Waals surface area contributed by atoms with Crippen LogP contribution in [-0.4, -0.2) is 35.7 Å². The van der Waals surface area contributed by atoms with Crippen molar-refractivity contribution in [1.29, 1.82) is 0 Å². The SMILES string of the molecule is CNCC1CCCN1c1nccn1C1CC1. The lowest BCUT2D eigenvalue weighted by atomic mass is 10.2. The molecule has 1 unspecified atom stereocenters. The van der Waals surface area contributed by atoms with E-state index in [1.807, 2.05) is 13.2 Å². The Morgan fingerprint density at radius 3 is 3.06 bits per heavy atom. The first-order chi connectivity index (χ1) is 7.90. The smallest absolute Gasteiger partial charge is 0.205 e. The summed E-state index contributed by atoms with van der Waals surface area (Å²) in [5.74, 6) is 1.19. The van der Waals surface area contributed by atoms with Crippen molar-refractivity contribution < 1.29 is 0 Å². The van der Waals surface area contributed by atoms with E-state index in [-0.39, 0.29) is 0 Å². The first-order valence-corrected chi connectivity index (χ1v) is 6.34. The van der Waals surface area contributed by atoms with Crippen molar-refractivity contribution >= 4 is 5.95 Å². The Hall–Kier alpha value is -1.03. The first kappa shape index (κ1) is 10.1. The second-order valence-corrected chi connectivity index (χ2v) is 4.91. The Morgan fingerprint density at radius 2 is 2.31 bits per heavy atom. The van der Waals surface area contributed by atoms with Crippen molar-refractivity contribution in [2.75, 3.05) is 25.0 Å². The highest BCUT2D eigenvalue weighted by Crippen LogP contribution is 2.38. The molecule has 0 amide bonds. The summed E-state index contributed by atoms with van der Waals surface area (Å²) < 4.78 is 2.37. The maximum atomic E-state index is 4.55. The lowest BCUT2D eigenvalue weighted by molar-refractivity contribution is 0.592. The molecule has 1 atom stereocenters. The summed E-state index contributed by atoms with van der Waals surface area (Å²) in [7, 11) is 2.03. The van der Waals surface area contributed by atoms with Crippen LogP contribution >= 0.6 is 0 Å². The molecule has 0 aromatic carbocycles. The van der Waals surface area contributed by atoms with Gasteiger partial charge >= 0.3 is 0 Å². The summed E-state index contributed by atoms with van der Waals surface area (Å²) in [4.78, 5) is 7.03. The topological polar surface area (TPSA) is 33.1 Å². The van der Waals surface area contributed by atoms with Crippen LogP contribution < -0.4 is 10.2 Å². The zero-order valence-corrected chi connectivity index (χ0v) is 9.89. The van der Waals surface area contributed by atoms with Crippen LogP contribution in [0.2, 0.25) is 0 Å². The van der Waals surface area contributed by atoms with Gasteiger partial charge < -0.3 is 14.8 Å². The predicted octanol–water partition coefficient (Wildman–Crippen LogP) is 1.41. The van der Waals surface area contributed by atoms with Crippen LogP contribution in [0.1, 0.15) is 31.7 Å². The highest BCUT2D eigenvalue weighted by atomic mass is 15.3. The van der Waals surface area contributed by atoms with E-state index in [0.29, 0.717) is 6.04 Å². The minimum absolute atomic E-state index is 0.630. The molecule has 1 N–H and O–H groups in total. The number of hydrogen-bond donors (Lipinski definition) is 1. The normalized spacial score (nSPS) is 25.3. The largest absolute Gasteiger partial charge is 0.338 e. The molecule has 2 aliphatic rings. The minimum Gasteiger partial charge on any atom is -0.338 e. The van der Waals surface area contributed by atoms with Crippen LogP contribution in [0.5, 0.6) is 0 Å². The molecule has 2 fully saturated rings. The molecule has 2 heterocycles. The number of aromatic nitrogens is 2. The Balaban J connectivity index is 1.81. The summed E-state index contributed by atoms with van der Waals surface area (Å²) in [5, 5.41) is 3.29. The third-order valence-electron chi connectivity index (χ3n) is 3.66. The van der Waals surface area contributed by atoms with E-state index in [4.69, 9.17) is 0 Å². The van der Waals surface area contributed by atoms with Gasteiger partial charge in [-0.25, -0.2) is 4.98 Å². The Labute approximate surface area is 96.7 Å². The highest BCUT2D eigenvalue weighted by Gasteiger charge is 2.31. The van der Waals surface area contributed by atoms with Crippen molar-refractivity contribution in [3.8, 4) is 0 Å². The number of anilines is 1. The van der Waals surface area contributed by atoms with Crippen molar-refractivity contribution in [3.63, 3.8) is 0 Å². The number of likely N-dealkylation sites (N-methyl/N-ethyl adjacent to an activating group) is 1. The molecule has 1 aromatic rings. The minimum atomic E-state index is 0.630. The molecule has 0 radical (unpaired) electrons. The van der Waals surface area contributed by atoms with Crippen LogP contribution in [-0.2, 0) is 0 Å². The third-order valence-corrected chi connectivity index (χ3v) is 3.66. The van der Waals surface area contributed by atoms with Crippen molar-refractivity contribution in [1.82, 2.24) is 14.9 Å². The molecule has 16 heavy (non-hydrogen) atoms. The fourth-order valence-electron chi connectivity index (χ4n) is 2.71. The summed E-state index contributed by atoms with van der Waals surface area (Å²) in [6, 6.07) is 1.36. The van der Waals surface area contributed by atoms with E-state index in [0.717, 1.165) is 19.1 Å². The number of nitrogens with one attached hydrogen (secondary N) is 1. The van der Waals surface area contributed by atoms with E-state index >= 15 is 0 Å². The van der Waals surface area contributed by atoms with Crippen molar-refractivity contribution in [3.05, 3.63) is 12.4 Å². The molecule has 0 bridgehead atoms. The maximum Gasteiger partial charge on any atom is 0.205 e. The van der Waals surface area contributed by atoms with E-state index in [1.165, 1.54) is 31.6 Å². The summed E-state index contributed by atoms with van der Waals surface area (Å²) in [6.07, 6.45) is 9.33. The number of imidazole rings is 1. The van der Waals surface area contributed by atoms with Gasteiger partial charge in [0.2, 0.25) is 5.95 Å². The van der Waals surface area contributed by atoms with Crippen LogP contribution in [0.3, 0.4) is 0 Å². The van der Waals surface area contributed by atoms with Gasteiger partial charge in [-0.1, -0.05) is 0 Å². The fraction of sp³-hybridized carbons (Fsp3) is 0.750. The Bertz CT molecular complexity index is 356. The second-order valence-electron chi connectivity index (χ2n) is 4.91. The van der Waals surface area contributed by atoms with E-state index in [2.05, 4.69) is 26.0 Å². The fourth-order valence-corrected chi connectivity index (χ4v) is 2.71. The third kappa shape index (κ3) is 1.71. The summed E-state index contributed by atoms with van der Waals surface area (Å²) in [5.41, 5.74) is 0. The van der Waals surface area contributed by atoms with Crippen LogP contribution in [0.4, 0.5) is 5.95 Å². The van der Waals surface area contributed by atoms with Crippen molar-refractivity contribution in [2.24, 2.45) is 0 Å². The summed E-state index contributed by atoms with van der Waals surface area (Å²) in [6.45, 7) is 2.23. The van der Waals surface area contributed by atoms with Crippen molar-refractivity contribution in [2.45, 2.75) is 37.8 Å². The van der Waals surface area contributed by atoms with E-state index < -0.39 is 0 Å². The molecule has 88 valence electrons. The molecule has 1 aliphatic heterocycles. The quantitative estimate of drug-likeness (QED) is 0.832. The predicted molar refractivity (Wildman–Crippen MR) is 64.8 cm³/mol. The number of hydrogen-bond acceptors (Lipinski definition) is 3. The van der Waals surface area contributed by atoms with Gasteiger partial charge in [-0.15, -0.1) is 0 Å². The van der Waals surface area contributed by atoms with E-state index in [1.54, 1.807) is 0 Å². The molecule has 1 aromatic heterocycles. The first-order valence-electron chi connectivity index (χ1n) is 6.34. The van der Waals surface area contributed by atoms with Gasteiger partial charge in [-0.3, -0.25) is 0 Å². The van der Waals surface area contributed by atoms with Gasteiger partial charge in [-0.2, -0.15) is 0 Å². The zero-order chi connectivity index (χ0) is 11.0. The molecular formula is C12H20N4. The van der Waals surface area contributed by atoms with Gasteiger partial charge in [-0.05, 0) is 32.7 Å². The molecular weight excluding hydrogens is 200 g/mol.